The molecule has 0 saturated heterocycles. The van der Waals surface area contributed by atoms with Crippen LogP contribution in [0.3, 0.4) is 0 Å². The molecule has 2 aliphatic rings. The van der Waals surface area contributed by atoms with E-state index in [4.69, 9.17) is 14.2 Å². The number of fused-ring (bicyclic) bond motifs is 1. The van der Waals surface area contributed by atoms with E-state index in [0.29, 0.717) is 11.1 Å². The van der Waals surface area contributed by atoms with Crippen LogP contribution < -0.4 is 0 Å². The predicted molar refractivity (Wildman–Crippen MR) is 116 cm³/mol. The predicted octanol–water partition coefficient (Wildman–Crippen LogP) is 1.50. The van der Waals surface area contributed by atoms with Gasteiger partial charge in [0.15, 0.2) is 0 Å². The second kappa shape index (κ2) is 10.4. The summed E-state index contributed by atoms with van der Waals surface area (Å²) in [7, 11) is 0. The van der Waals surface area contributed by atoms with Gasteiger partial charge in [-0.2, -0.15) is 0 Å². The molecular weight excluding hydrogens is 432 g/mol. The Balaban J connectivity index is 1.73. The molecular formula is C24H30O9. The van der Waals surface area contributed by atoms with Gasteiger partial charge in [0.25, 0.3) is 0 Å². The van der Waals surface area contributed by atoms with Crippen LogP contribution in [-0.2, 0) is 23.8 Å². The van der Waals surface area contributed by atoms with E-state index in [0.717, 1.165) is 6.08 Å². The van der Waals surface area contributed by atoms with Gasteiger partial charge in [-0.25, -0.2) is 4.79 Å². The highest BCUT2D eigenvalue weighted by Gasteiger charge is 2.61. The van der Waals surface area contributed by atoms with Crippen LogP contribution in [0.1, 0.15) is 32.3 Å². The minimum Gasteiger partial charge on any atom is -0.508 e. The maximum absolute atomic E-state index is 12.2. The molecule has 9 heteroatoms. The van der Waals surface area contributed by atoms with E-state index in [1.165, 1.54) is 24.5 Å². The Labute approximate surface area is 191 Å². The molecule has 0 bridgehead atoms. The fourth-order valence-corrected chi connectivity index (χ4v) is 4.24. The normalized spacial score (nSPS) is 28.8. The van der Waals surface area contributed by atoms with Crippen LogP contribution in [0.15, 0.2) is 42.2 Å². The van der Waals surface area contributed by atoms with Crippen LogP contribution in [0.4, 0.5) is 0 Å². The van der Waals surface area contributed by atoms with E-state index < -0.39 is 48.4 Å². The highest BCUT2D eigenvalue weighted by Crippen LogP contribution is 2.49. The van der Waals surface area contributed by atoms with Gasteiger partial charge < -0.3 is 34.6 Å². The number of phenols is 1. The maximum Gasteiger partial charge on any atom is 0.330 e. The van der Waals surface area contributed by atoms with E-state index in [1.807, 2.05) is 13.8 Å². The largest absolute Gasteiger partial charge is 0.508 e. The molecule has 9 nitrogen and oxygen atoms in total. The lowest BCUT2D eigenvalue weighted by molar-refractivity contribution is -0.221. The van der Waals surface area contributed by atoms with Gasteiger partial charge in [0.1, 0.15) is 18.0 Å². The first-order chi connectivity index (χ1) is 15.6. The summed E-state index contributed by atoms with van der Waals surface area (Å²) in [6.45, 7) is 2.80. The van der Waals surface area contributed by atoms with Gasteiger partial charge in [0.2, 0.25) is 6.29 Å². The lowest BCUT2D eigenvalue weighted by Gasteiger charge is -2.40. The highest BCUT2D eigenvalue weighted by atomic mass is 16.7. The van der Waals surface area contributed by atoms with Crippen LogP contribution >= 0.6 is 0 Å². The third kappa shape index (κ3) is 5.73. The number of benzene rings is 1. The number of aliphatic hydroxyl groups is 3. The molecule has 4 N–H and O–H groups in total. The average molecular weight is 462 g/mol. The molecule has 1 heterocycles. The monoisotopic (exact) mass is 462 g/mol. The lowest BCUT2D eigenvalue weighted by atomic mass is 9.80. The number of hydrogen-bond donors (Lipinski definition) is 4. The van der Waals surface area contributed by atoms with Crippen molar-refractivity contribution >= 4 is 18.0 Å². The second-order valence-corrected chi connectivity index (χ2v) is 8.85. The molecule has 1 aliphatic carbocycles. The Bertz CT molecular complexity index is 905. The van der Waals surface area contributed by atoms with Gasteiger partial charge in [-0.3, -0.25) is 4.79 Å². The average Bonchev–Trinajstić information content (AvgIpc) is 3.03. The van der Waals surface area contributed by atoms with E-state index in [-0.39, 0.29) is 31.1 Å². The van der Waals surface area contributed by atoms with E-state index in [2.05, 4.69) is 0 Å². The third-order valence-electron chi connectivity index (χ3n) is 5.94. The van der Waals surface area contributed by atoms with Gasteiger partial charge in [-0.1, -0.05) is 26.0 Å². The lowest BCUT2D eigenvalue weighted by Crippen LogP contribution is -2.54. The first kappa shape index (κ1) is 24.8. The molecule has 1 saturated carbocycles. The quantitative estimate of drug-likeness (QED) is 0.334. The minimum absolute atomic E-state index is 0.0507. The van der Waals surface area contributed by atoms with Crippen LogP contribution in [0.5, 0.6) is 5.75 Å². The van der Waals surface area contributed by atoms with Crippen LogP contribution in [-0.4, -0.2) is 63.6 Å². The van der Waals surface area contributed by atoms with E-state index >= 15 is 0 Å². The Kier molecular flexibility index (Phi) is 7.78. The number of ether oxygens (including phenoxy) is 3. The molecule has 0 spiro atoms. The fourth-order valence-electron chi connectivity index (χ4n) is 4.24. The standard InChI is InChI=1S/C24H30O9/c1-14(2)9-21(29)33-23-22-18(16(11-25)12-31-23)10-19(27)24(22,30)13-32-20(28)8-5-15-3-6-17(26)7-4-15/h3-8,12,14,18-19,22-23,25-27,30H,9-11,13H2,1-2H3/b8-5+/t18-,19+,22-,23+,24-/m1/s1. The zero-order valence-corrected chi connectivity index (χ0v) is 18.6. The van der Waals surface area contributed by atoms with Crippen molar-refractivity contribution in [3.05, 3.63) is 47.7 Å². The highest BCUT2D eigenvalue weighted by molar-refractivity contribution is 5.87. The van der Waals surface area contributed by atoms with E-state index in [1.54, 1.807) is 12.1 Å². The molecule has 0 unspecified atom stereocenters. The number of carbonyl (C=O) groups is 2. The summed E-state index contributed by atoms with van der Waals surface area (Å²) in [5.41, 5.74) is -0.853. The molecule has 1 aromatic carbocycles. The smallest absolute Gasteiger partial charge is 0.330 e. The number of carbonyl (C=O) groups excluding carboxylic acids is 2. The Morgan fingerprint density at radius 3 is 2.61 bits per heavy atom. The van der Waals surface area contributed by atoms with Gasteiger partial charge >= 0.3 is 11.9 Å². The van der Waals surface area contributed by atoms with Crippen molar-refractivity contribution in [2.45, 2.75) is 44.7 Å². The van der Waals surface area contributed by atoms with Crippen LogP contribution in [0.25, 0.3) is 6.08 Å². The van der Waals surface area contributed by atoms with Crippen molar-refractivity contribution in [1.82, 2.24) is 0 Å². The first-order valence-corrected chi connectivity index (χ1v) is 10.8. The second-order valence-electron chi connectivity index (χ2n) is 8.85. The first-order valence-electron chi connectivity index (χ1n) is 10.8. The minimum atomic E-state index is -1.95. The van der Waals surface area contributed by atoms with Gasteiger partial charge in [-0.05, 0) is 41.7 Å². The molecule has 0 aromatic heterocycles. The number of phenolic OH excluding ortho intramolecular Hbond substituents is 1. The Hall–Kier alpha value is -2.88. The fraction of sp³-hybridized carbons (Fsp3) is 0.500. The van der Waals surface area contributed by atoms with Crippen molar-refractivity contribution in [3.8, 4) is 5.75 Å². The topological polar surface area (TPSA) is 143 Å². The number of esters is 2. The molecule has 180 valence electrons. The molecule has 0 amide bonds. The van der Waals surface area contributed by atoms with E-state index in [9.17, 15) is 30.0 Å². The third-order valence-corrected chi connectivity index (χ3v) is 5.94. The zero-order chi connectivity index (χ0) is 24.2. The summed E-state index contributed by atoms with van der Waals surface area (Å²) in [5.74, 6) is -2.59. The summed E-state index contributed by atoms with van der Waals surface area (Å²) in [6.07, 6.45) is 1.65. The van der Waals surface area contributed by atoms with Gasteiger partial charge in [-0.15, -0.1) is 0 Å². The molecule has 5 atom stereocenters. The van der Waals surface area contributed by atoms with Crippen LogP contribution in [0, 0.1) is 17.8 Å². The Morgan fingerprint density at radius 1 is 1.27 bits per heavy atom. The van der Waals surface area contributed by atoms with Crippen molar-refractivity contribution in [2.75, 3.05) is 13.2 Å². The van der Waals surface area contributed by atoms with Crippen LogP contribution in [0.2, 0.25) is 0 Å². The SMILES string of the molecule is CC(C)CC(=O)O[C@@H]1OC=C(CO)[C@H]2C[C@H](O)[C@](O)(COC(=O)/C=C/c3ccc(O)cc3)[C@@H]12. The Morgan fingerprint density at radius 2 is 1.97 bits per heavy atom. The van der Waals surface area contributed by atoms with Crippen molar-refractivity contribution in [3.63, 3.8) is 0 Å². The van der Waals surface area contributed by atoms with Gasteiger partial charge in [0.05, 0.1) is 24.9 Å². The number of hydrogen-bond acceptors (Lipinski definition) is 9. The maximum atomic E-state index is 12.2. The molecule has 3 rings (SSSR count). The molecule has 1 aliphatic heterocycles. The summed E-state index contributed by atoms with van der Waals surface area (Å²) in [5, 5.41) is 41.0. The summed E-state index contributed by atoms with van der Waals surface area (Å²) >= 11 is 0. The summed E-state index contributed by atoms with van der Waals surface area (Å²) in [4.78, 5) is 24.5. The van der Waals surface area contributed by atoms with Crippen molar-refractivity contribution in [2.24, 2.45) is 17.8 Å². The summed E-state index contributed by atoms with van der Waals surface area (Å²) in [6, 6.07) is 6.16. The van der Waals surface area contributed by atoms with Crippen molar-refractivity contribution < 1.29 is 44.2 Å². The number of aliphatic hydroxyl groups excluding tert-OH is 2. The molecule has 33 heavy (non-hydrogen) atoms. The number of aromatic hydroxyl groups is 1. The molecule has 1 fully saturated rings. The summed E-state index contributed by atoms with van der Waals surface area (Å²) < 4.78 is 16.2. The molecule has 1 aromatic rings. The zero-order valence-electron chi connectivity index (χ0n) is 18.6. The number of rotatable bonds is 8. The van der Waals surface area contributed by atoms with Gasteiger partial charge in [0, 0.05) is 18.4 Å². The van der Waals surface area contributed by atoms with Crippen molar-refractivity contribution in [1.29, 1.82) is 0 Å². The molecule has 0 radical (unpaired) electrons.